The lowest BCUT2D eigenvalue weighted by atomic mass is 10.0. The van der Waals surface area contributed by atoms with Crippen molar-refractivity contribution < 1.29 is 18.9 Å². The average molecular weight is 234 g/mol. The van der Waals surface area contributed by atoms with Crippen LogP contribution in [0.2, 0.25) is 0 Å². The first kappa shape index (κ1) is 10.0. The van der Waals surface area contributed by atoms with Crippen LogP contribution in [0.5, 0.6) is 0 Å². The molecule has 4 rings (SSSR count). The largest absolute Gasteiger partial charge is 0.370 e. The molecule has 0 aliphatic carbocycles. The minimum absolute atomic E-state index is 0.0683. The smallest absolute Gasteiger partial charge is 0.227 e. The van der Waals surface area contributed by atoms with Crippen molar-refractivity contribution in [2.75, 3.05) is 13.2 Å². The van der Waals surface area contributed by atoms with E-state index in [0.29, 0.717) is 6.61 Å². The maximum Gasteiger partial charge on any atom is 0.227 e. The fourth-order valence-corrected chi connectivity index (χ4v) is 2.66. The first-order valence-electron chi connectivity index (χ1n) is 6.02. The zero-order valence-corrected chi connectivity index (χ0v) is 9.37. The van der Waals surface area contributed by atoms with E-state index in [2.05, 4.69) is 0 Å². The van der Waals surface area contributed by atoms with Gasteiger partial charge in [-0.25, -0.2) is 0 Å². The topological polar surface area (TPSA) is 40.2 Å². The molecule has 0 radical (unpaired) electrons. The normalized spacial score (nSPS) is 43.6. The molecule has 90 valence electrons. The third-order valence-corrected chi connectivity index (χ3v) is 3.63. The molecule has 1 aromatic rings. The standard InChI is InChI=1S/C13H14O4/c1-2-4-9(5-3-1)12-15-8-11-13(17-12)10(16-13)6-7-14-11/h1-5,10-12H,6-8H2. The summed E-state index contributed by atoms with van der Waals surface area (Å²) in [5.74, 6) is -0.531. The Bertz CT molecular complexity index is 421. The first-order valence-corrected chi connectivity index (χ1v) is 6.02. The van der Waals surface area contributed by atoms with Crippen LogP contribution in [-0.4, -0.2) is 31.2 Å². The fraction of sp³-hybridized carbons (Fsp3) is 0.538. The van der Waals surface area contributed by atoms with Gasteiger partial charge in [-0.3, -0.25) is 0 Å². The van der Waals surface area contributed by atoms with Crippen molar-refractivity contribution in [3.63, 3.8) is 0 Å². The molecule has 3 aliphatic heterocycles. The van der Waals surface area contributed by atoms with Crippen LogP contribution < -0.4 is 0 Å². The molecule has 1 spiro atoms. The van der Waals surface area contributed by atoms with E-state index < -0.39 is 5.79 Å². The lowest BCUT2D eigenvalue weighted by molar-refractivity contribution is -0.308. The molecule has 4 heteroatoms. The molecule has 1 aromatic carbocycles. The van der Waals surface area contributed by atoms with Crippen LogP contribution in [0.3, 0.4) is 0 Å². The molecule has 0 aromatic heterocycles. The molecule has 0 amide bonds. The minimum Gasteiger partial charge on any atom is -0.370 e. The number of benzene rings is 1. The molecule has 3 saturated heterocycles. The van der Waals surface area contributed by atoms with Gasteiger partial charge in [0.15, 0.2) is 6.29 Å². The zero-order chi connectivity index (χ0) is 11.3. The third kappa shape index (κ3) is 1.45. The van der Waals surface area contributed by atoms with Crippen LogP contribution in [0.25, 0.3) is 0 Å². The maximum absolute atomic E-state index is 5.97. The summed E-state index contributed by atoms with van der Waals surface area (Å²) >= 11 is 0. The summed E-state index contributed by atoms with van der Waals surface area (Å²) in [6.07, 6.45) is 0.703. The molecular formula is C13H14O4. The van der Waals surface area contributed by atoms with Crippen LogP contribution in [0.15, 0.2) is 30.3 Å². The van der Waals surface area contributed by atoms with Gasteiger partial charge in [0.25, 0.3) is 0 Å². The van der Waals surface area contributed by atoms with Crippen molar-refractivity contribution in [2.45, 2.75) is 30.7 Å². The van der Waals surface area contributed by atoms with Gasteiger partial charge in [0.05, 0.1) is 13.2 Å². The van der Waals surface area contributed by atoms with Gasteiger partial charge in [0.2, 0.25) is 5.79 Å². The van der Waals surface area contributed by atoms with E-state index in [1.807, 2.05) is 30.3 Å². The van der Waals surface area contributed by atoms with E-state index >= 15 is 0 Å². The number of rotatable bonds is 1. The van der Waals surface area contributed by atoms with Crippen LogP contribution in [0, 0.1) is 0 Å². The quantitative estimate of drug-likeness (QED) is 0.692. The Kier molecular flexibility index (Phi) is 2.08. The molecule has 17 heavy (non-hydrogen) atoms. The highest BCUT2D eigenvalue weighted by atomic mass is 16.9. The number of epoxide rings is 1. The zero-order valence-electron chi connectivity index (χ0n) is 9.37. The van der Waals surface area contributed by atoms with Gasteiger partial charge in [0.1, 0.15) is 12.2 Å². The van der Waals surface area contributed by atoms with Gasteiger partial charge < -0.3 is 18.9 Å². The lowest BCUT2D eigenvalue weighted by Gasteiger charge is -2.36. The van der Waals surface area contributed by atoms with Crippen LogP contribution in [0.1, 0.15) is 18.3 Å². The molecule has 0 N–H and O–H groups in total. The Labute approximate surface area is 99.4 Å². The minimum atomic E-state index is -0.531. The predicted molar refractivity (Wildman–Crippen MR) is 58.2 cm³/mol. The van der Waals surface area contributed by atoms with E-state index in [-0.39, 0.29) is 18.5 Å². The highest BCUT2D eigenvalue weighted by Gasteiger charge is 2.68. The molecule has 0 bridgehead atoms. The van der Waals surface area contributed by atoms with Gasteiger partial charge in [-0.05, 0) is 0 Å². The summed E-state index contributed by atoms with van der Waals surface area (Å²) in [5, 5.41) is 0. The molecule has 4 atom stereocenters. The third-order valence-electron chi connectivity index (χ3n) is 3.63. The summed E-state index contributed by atoms with van der Waals surface area (Å²) in [7, 11) is 0. The Morgan fingerprint density at radius 2 is 1.88 bits per heavy atom. The van der Waals surface area contributed by atoms with Crippen LogP contribution in [0.4, 0.5) is 0 Å². The summed E-state index contributed by atoms with van der Waals surface area (Å²) in [5.41, 5.74) is 1.03. The molecule has 0 saturated carbocycles. The second kappa shape index (κ2) is 3.53. The van der Waals surface area contributed by atoms with E-state index in [1.54, 1.807) is 0 Å². The summed E-state index contributed by atoms with van der Waals surface area (Å²) < 4.78 is 23.0. The summed E-state index contributed by atoms with van der Waals surface area (Å²) in [6, 6.07) is 9.95. The van der Waals surface area contributed by atoms with Gasteiger partial charge in [-0.1, -0.05) is 30.3 Å². The molecular weight excluding hydrogens is 220 g/mol. The van der Waals surface area contributed by atoms with Crippen LogP contribution in [-0.2, 0) is 18.9 Å². The summed E-state index contributed by atoms with van der Waals surface area (Å²) in [4.78, 5) is 0. The Morgan fingerprint density at radius 1 is 1.00 bits per heavy atom. The van der Waals surface area contributed by atoms with E-state index in [0.717, 1.165) is 18.6 Å². The van der Waals surface area contributed by atoms with Gasteiger partial charge >= 0.3 is 0 Å². The molecule has 3 aliphatic rings. The van der Waals surface area contributed by atoms with E-state index in [4.69, 9.17) is 18.9 Å². The van der Waals surface area contributed by atoms with Crippen LogP contribution >= 0.6 is 0 Å². The van der Waals surface area contributed by atoms with E-state index in [1.165, 1.54) is 0 Å². The van der Waals surface area contributed by atoms with Gasteiger partial charge in [-0.2, -0.15) is 0 Å². The molecule has 3 heterocycles. The van der Waals surface area contributed by atoms with Gasteiger partial charge in [-0.15, -0.1) is 0 Å². The number of ether oxygens (including phenoxy) is 4. The van der Waals surface area contributed by atoms with Crippen molar-refractivity contribution in [3.8, 4) is 0 Å². The Hall–Kier alpha value is -0.940. The van der Waals surface area contributed by atoms with Crippen molar-refractivity contribution in [1.82, 2.24) is 0 Å². The second-order valence-corrected chi connectivity index (χ2v) is 4.67. The molecule has 4 unspecified atom stereocenters. The van der Waals surface area contributed by atoms with Crippen molar-refractivity contribution >= 4 is 0 Å². The Morgan fingerprint density at radius 3 is 2.76 bits per heavy atom. The fourth-order valence-electron chi connectivity index (χ4n) is 2.66. The second-order valence-electron chi connectivity index (χ2n) is 4.67. The lowest BCUT2D eigenvalue weighted by Crippen LogP contribution is -2.49. The van der Waals surface area contributed by atoms with E-state index in [9.17, 15) is 0 Å². The number of hydrogen-bond acceptors (Lipinski definition) is 4. The Balaban J connectivity index is 1.58. The summed E-state index contributed by atoms with van der Waals surface area (Å²) in [6.45, 7) is 1.27. The highest BCUT2D eigenvalue weighted by molar-refractivity contribution is 5.18. The monoisotopic (exact) mass is 234 g/mol. The van der Waals surface area contributed by atoms with Crippen molar-refractivity contribution in [3.05, 3.63) is 35.9 Å². The van der Waals surface area contributed by atoms with Gasteiger partial charge in [0, 0.05) is 12.0 Å². The average Bonchev–Trinajstić information content (AvgIpc) is 3.11. The predicted octanol–water partition coefficient (Wildman–Crippen LogP) is 1.62. The van der Waals surface area contributed by atoms with Crippen molar-refractivity contribution in [1.29, 1.82) is 0 Å². The molecule has 4 nitrogen and oxygen atoms in total. The highest BCUT2D eigenvalue weighted by Crippen LogP contribution is 2.52. The maximum atomic E-state index is 5.97. The number of hydrogen-bond donors (Lipinski definition) is 0. The molecule has 3 fully saturated rings. The first-order chi connectivity index (χ1) is 8.38. The van der Waals surface area contributed by atoms with Crippen molar-refractivity contribution in [2.24, 2.45) is 0 Å². The SMILES string of the molecule is c1ccc(C2OCC3OCCC4OC34O2)cc1.